The highest BCUT2D eigenvalue weighted by Crippen LogP contribution is 2.13. The number of carbonyl (C=O) groups is 1. The van der Waals surface area contributed by atoms with E-state index in [1.54, 1.807) is 32.9 Å². The molecule has 1 atom stereocenters. The number of nitrogens with zero attached hydrogens (tertiary/aromatic N) is 1. The number of benzene rings is 1. The van der Waals surface area contributed by atoms with Gasteiger partial charge in [0.05, 0.1) is 12.6 Å². The van der Waals surface area contributed by atoms with Crippen LogP contribution in [0.1, 0.15) is 26.3 Å². The molecule has 0 saturated carbocycles. The molecule has 1 aromatic rings. The Morgan fingerprint density at radius 1 is 1.38 bits per heavy atom. The Bertz CT molecular complexity index is 457. The van der Waals surface area contributed by atoms with Crippen LogP contribution in [0.4, 0.5) is 9.18 Å². The Labute approximate surface area is 124 Å². The average molecular weight is 298 g/mol. The van der Waals surface area contributed by atoms with Crippen molar-refractivity contribution in [2.45, 2.75) is 39.0 Å². The lowest BCUT2D eigenvalue weighted by Gasteiger charge is -2.28. The SMILES string of the molecule is CC(C)(C)OC(=O)N(Cc1ccc(F)cc1)C[C@@H](O)CN. The second-order valence-corrected chi connectivity index (χ2v) is 5.88. The molecule has 0 heterocycles. The second-order valence-electron chi connectivity index (χ2n) is 5.88. The molecule has 0 aliphatic rings. The summed E-state index contributed by atoms with van der Waals surface area (Å²) in [6.45, 7) is 5.61. The number of hydrogen-bond acceptors (Lipinski definition) is 4. The highest BCUT2D eigenvalue weighted by Gasteiger charge is 2.23. The summed E-state index contributed by atoms with van der Waals surface area (Å²) in [6.07, 6.45) is -1.38. The highest BCUT2D eigenvalue weighted by molar-refractivity contribution is 5.68. The van der Waals surface area contributed by atoms with Crippen molar-refractivity contribution in [1.82, 2.24) is 4.90 Å². The molecule has 1 aromatic carbocycles. The quantitative estimate of drug-likeness (QED) is 0.870. The number of carbonyl (C=O) groups excluding carboxylic acids is 1. The summed E-state index contributed by atoms with van der Waals surface area (Å²) in [7, 11) is 0. The van der Waals surface area contributed by atoms with Crippen LogP contribution < -0.4 is 5.73 Å². The van der Waals surface area contributed by atoms with Gasteiger partial charge in [0.15, 0.2) is 0 Å². The first-order valence-corrected chi connectivity index (χ1v) is 6.82. The molecule has 3 N–H and O–H groups in total. The molecule has 21 heavy (non-hydrogen) atoms. The van der Waals surface area contributed by atoms with Gasteiger partial charge in [-0.2, -0.15) is 0 Å². The van der Waals surface area contributed by atoms with Crippen molar-refractivity contribution in [3.63, 3.8) is 0 Å². The van der Waals surface area contributed by atoms with E-state index >= 15 is 0 Å². The third-order valence-electron chi connectivity index (χ3n) is 2.64. The average Bonchev–Trinajstić information content (AvgIpc) is 2.38. The smallest absolute Gasteiger partial charge is 0.410 e. The molecule has 0 unspecified atom stereocenters. The summed E-state index contributed by atoms with van der Waals surface area (Å²) in [6, 6.07) is 5.81. The Hall–Kier alpha value is -1.66. The van der Waals surface area contributed by atoms with Gasteiger partial charge in [-0.15, -0.1) is 0 Å². The Kier molecular flexibility index (Phi) is 6.11. The first-order valence-electron chi connectivity index (χ1n) is 6.82. The van der Waals surface area contributed by atoms with Gasteiger partial charge in [0.1, 0.15) is 11.4 Å². The van der Waals surface area contributed by atoms with E-state index < -0.39 is 17.8 Å². The normalized spacial score (nSPS) is 12.9. The van der Waals surface area contributed by atoms with Gasteiger partial charge in [0.2, 0.25) is 0 Å². The lowest BCUT2D eigenvalue weighted by Crippen LogP contribution is -2.42. The zero-order valence-corrected chi connectivity index (χ0v) is 12.7. The van der Waals surface area contributed by atoms with Gasteiger partial charge in [0.25, 0.3) is 0 Å². The van der Waals surface area contributed by atoms with Crippen molar-refractivity contribution in [3.05, 3.63) is 35.6 Å². The van der Waals surface area contributed by atoms with E-state index in [0.29, 0.717) is 0 Å². The molecule has 1 rings (SSSR count). The van der Waals surface area contributed by atoms with Crippen LogP contribution in [0, 0.1) is 5.82 Å². The molecule has 0 fully saturated rings. The first kappa shape index (κ1) is 17.4. The van der Waals surface area contributed by atoms with Gasteiger partial charge in [-0.05, 0) is 38.5 Å². The number of rotatable bonds is 5. The van der Waals surface area contributed by atoms with E-state index in [1.165, 1.54) is 17.0 Å². The van der Waals surface area contributed by atoms with E-state index in [-0.39, 0.29) is 25.5 Å². The highest BCUT2D eigenvalue weighted by atomic mass is 19.1. The Morgan fingerprint density at radius 3 is 2.43 bits per heavy atom. The van der Waals surface area contributed by atoms with E-state index in [2.05, 4.69) is 0 Å². The molecule has 0 saturated heterocycles. The van der Waals surface area contributed by atoms with Gasteiger partial charge in [-0.25, -0.2) is 9.18 Å². The molecule has 0 aromatic heterocycles. The summed E-state index contributed by atoms with van der Waals surface area (Å²) in [5, 5.41) is 9.66. The molecule has 0 bridgehead atoms. The first-order chi connectivity index (χ1) is 9.71. The fraction of sp³-hybridized carbons (Fsp3) is 0.533. The predicted octanol–water partition coefficient (Wildman–Crippen LogP) is 1.88. The van der Waals surface area contributed by atoms with Crippen LogP contribution in [-0.4, -0.2) is 40.9 Å². The number of amides is 1. The maximum absolute atomic E-state index is 12.9. The van der Waals surface area contributed by atoms with Crippen LogP contribution in [0.25, 0.3) is 0 Å². The second kappa shape index (κ2) is 7.38. The molecule has 118 valence electrons. The largest absolute Gasteiger partial charge is 0.444 e. The molecule has 0 aliphatic carbocycles. The molecule has 0 spiro atoms. The Balaban J connectivity index is 2.81. The van der Waals surface area contributed by atoms with E-state index in [0.717, 1.165) is 5.56 Å². The van der Waals surface area contributed by atoms with Crippen molar-refractivity contribution in [2.24, 2.45) is 5.73 Å². The molecule has 0 radical (unpaired) electrons. The van der Waals surface area contributed by atoms with E-state index in [9.17, 15) is 14.3 Å². The maximum atomic E-state index is 12.9. The van der Waals surface area contributed by atoms with Gasteiger partial charge in [-0.3, -0.25) is 0 Å². The van der Waals surface area contributed by atoms with Crippen LogP contribution in [0.2, 0.25) is 0 Å². The lowest BCUT2D eigenvalue weighted by atomic mass is 10.2. The molecule has 0 aliphatic heterocycles. The van der Waals surface area contributed by atoms with Crippen molar-refractivity contribution < 1.29 is 19.0 Å². The molecule has 1 amide bonds. The van der Waals surface area contributed by atoms with Crippen molar-refractivity contribution in [1.29, 1.82) is 0 Å². The number of nitrogens with two attached hydrogens (primary N) is 1. The zero-order chi connectivity index (χ0) is 16.0. The third kappa shape index (κ3) is 6.55. The minimum Gasteiger partial charge on any atom is -0.444 e. The monoisotopic (exact) mass is 298 g/mol. The number of aliphatic hydroxyl groups excluding tert-OH is 1. The summed E-state index contributed by atoms with van der Waals surface area (Å²) in [5.41, 5.74) is 5.49. The number of ether oxygens (including phenoxy) is 1. The van der Waals surface area contributed by atoms with Crippen LogP contribution >= 0.6 is 0 Å². The number of halogens is 1. The predicted molar refractivity (Wildman–Crippen MR) is 78.1 cm³/mol. The van der Waals surface area contributed by atoms with Crippen LogP contribution in [-0.2, 0) is 11.3 Å². The van der Waals surface area contributed by atoms with Crippen LogP contribution in [0.15, 0.2) is 24.3 Å². The van der Waals surface area contributed by atoms with E-state index in [1.807, 2.05) is 0 Å². The van der Waals surface area contributed by atoms with Gasteiger partial charge >= 0.3 is 6.09 Å². The molecule has 5 nitrogen and oxygen atoms in total. The maximum Gasteiger partial charge on any atom is 0.410 e. The minimum atomic E-state index is -0.835. The summed E-state index contributed by atoms with van der Waals surface area (Å²) in [5.74, 6) is -0.343. The minimum absolute atomic E-state index is 0.0444. The zero-order valence-electron chi connectivity index (χ0n) is 12.7. The van der Waals surface area contributed by atoms with E-state index in [4.69, 9.17) is 10.5 Å². The van der Waals surface area contributed by atoms with Gasteiger partial charge < -0.3 is 20.5 Å². The van der Waals surface area contributed by atoms with Crippen molar-refractivity contribution in [2.75, 3.05) is 13.1 Å². The van der Waals surface area contributed by atoms with Crippen LogP contribution in [0.5, 0.6) is 0 Å². The number of hydrogen-bond donors (Lipinski definition) is 2. The van der Waals surface area contributed by atoms with Crippen LogP contribution in [0.3, 0.4) is 0 Å². The fourth-order valence-electron chi connectivity index (χ4n) is 1.67. The standard InChI is InChI=1S/C15H23FN2O3/c1-15(2,3)21-14(20)18(10-13(19)8-17)9-11-4-6-12(16)7-5-11/h4-7,13,19H,8-10,17H2,1-3H3/t13-/m0/s1. The fourth-order valence-corrected chi connectivity index (χ4v) is 1.67. The molecule has 6 heteroatoms. The van der Waals surface area contributed by atoms with Gasteiger partial charge in [-0.1, -0.05) is 12.1 Å². The summed E-state index contributed by atoms with van der Waals surface area (Å²) < 4.78 is 18.2. The number of aliphatic hydroxyl groups is 1. The van der Waals surface area contributed by atoms with Gasteiger partial charge in [0, 0.05) is 13.1 Å². The lowest BCUT2D eigenvalue weighted by molar-refractivity contribution is 0.0135. The van der Waals surface area contributed by atoms with Crippen molar-refractivity contribution in [3.8, 4) is 0 Å². The van der Waals surface area contributed by atoms with Crippen molar-refractivity contribution >= 4 is 6.09 Å². The third-order valence-corrected chi connectivity index (χ3v) is 2.64. The molecular formula is C15H23FN2O3. The molecular weight excluding hydrogens is 275 g/mol. The summed E-state index contributed by atoms with van der Waals surface area (Å²) in [4.78, 5) is 13.5. The topological polar surface area (TPSA) is 75.8 Å². The Morgan fingerprint density at radius 2 is 1.95 bits per heavy atom. The summed E-state index contributed by atoms with van der Waals surface area (Å²) >= 11 is 0.